The molecule has 0 amide bonds. The van der Waals surface area contributed by atoms with Crippen LogP contribution in [0.4, 0.5) is 0 Å². The Morgan fingerprint density at radius 3 is 2.95 bits per heavy atom. The number of aromatic amines is 1. The van der Waals surface area contributed by atoms with Crippen LogP contribution in [0.15, 0.2) is 30.5 Å². The number of hydrogen-bond donors (Lipinski definition) is 2. The monoisotopic (exact) mass is 256 g/mol. The molecular weight excluding hydrogens is 240 g/mol. The quantitative estimate of drug-likeness (QED) is 0.756. The number of rotatable bonds is 3. The molecule has 98 valence electrons. The van der Waals surface area contributed by atoms with Gasteiger partial charge < -0.3 is 10.1 Å². The van der Waals surface area contributed by atoms with Crippen LogP contribution in [0.25, 0.3) is 22.3 Å². The van der Waals surface area contributed by atoms with Crippen LogP contribution in [0.1, 0.15) is 25.8 Å². The number of aromatic nitrogens is 4. The maximum absolute atomic E-state index is 9.55. The van der Waals surface area contributed by atoms with E-state index >= 15 is 0 Å². The molecule has 0 saturated heterocycles. The standard InChI is InChI=1S/C14H16N4O/c1-3-18-13(6-7-15-18)10-4-5-11-12(8-10)17-14(16-11)9(2)19/h4-9,19H,3H2,1-2H3,(H,16,17). The van der Waals surface area contributed by atoms with E-state index in [-0.39, 0.29) is 0 Å². The first kappa shape index (κ1) is 11.9. The van der Waals surface area contributed by atoms with Gasteiger partial charge in [0.2, 0.25) is 0 Å². The summed E-state index contributed by atoms with van der Waals surface area (Å²) < 4.78 is 1.95. The molecule has 2 aromatic heterocycles. The van der Waals surface area contributed by atoms with Crippen molar-refractivity contribution in [2.24, 2.45) is 0 Å². The smallest absolute Gasteiger partial charge is 0.135 e. The van der Waals surface area contributed by atoms with Crippen LogP contribution in [-0.2, 0) is 6.54 Å². The molecule has 3 rings (SSSR count). The number of nitrogens with one attached hydrogen (secondary N) is 1. The maximum atomic E-state index is 9.55. The number of hydrogen-bond acceptors (Lipinski definition) is 3. The summed E-state index contributed by atoms with van der Waals surface area (Å²) in [6.45, 7) is 4.60. The molecule has 0 spiro atoms. The van der Waals surface area contributed by atoms with Crippen molar-refractivity contribution in [1.82, 2.24) is 19.7 Å². The van der Waals surface area contributed by atoms with Gasteiger partial charge in [-0.05, 0) is 32.0 Å². The molecule has 0 radical (unpaired) electrons. The summed E-state index contributed by atoms with van der Waals surface area (Å²) in [5, 5.41) is 13.8. The molecule has 2 N–H and O–H groups in total. The molecule has 0 bridgehead atoms. The Kier molecular flexibility index (Phi) is 2.83. The van der Waals surface area contributed by atoms with Gasteiger partial charge >= 0.3 is 0 Å². The van der Waals surface area contributed by atoms with E-state index in [1.165, 1.54) is 0 Å². The number of aliphatic hydroxyl groups is 1. The average molecular weight is 256 g/mol. The fourth-order valence-corrected chi connectivity index (χ4v) is 2.22. The maximum Gasteiger partial charge on any atom is 0.135 e. The molecule has 0 aliphatic carbocycles. The zero-order valence-electron chi connectivity index (χ0n) is 11.0. The summed E-state index contributed by atoms with van der Waals surface area (Å²) in [6.07, 6.45) is 1.22. The Labute approximate surface area is 110 Å². The molecule has 1 aromatic carbocycles. The molecule has 1 atom stereocenters. The largest absolute Gasteiger partial charge is 0.385 e. The average Bonchev–Trinajstić information content (AvgIpc) is 3.03. The van der Waals surface area contributed by atoms with E-state index in [2.05, 4.69) is 22.0 Å². The van der Waals surface area contributed by atoms with Gasteiger partial charge in [0, 0.05) is 18.3 Å². The summed E-state index contributed by atoms with van der Waals surface area (Å²) in [6, 6.07) is 8.02. The van der Waals surface area contributed by atoms with Crippen LogP contribution in [0.3, 0.4) is 0 Å². The predicted molar refractivity (Wildman–Crippen MR) is 73.6 cm³/mol. The lowest BCUT2D eigenvalue weighted by atomic mass is 10.1. The molecule has 0 aliphatic heterocycles. The molecule has 2 heterocycles. The van der Waals surface area contributed by atoms with Gasteiger partial charge in [-0.25, -0.2) is 4.98 Å². The summed E-state index contributed by atoms with van der Waals surface area (Å²) in [7, 11) is 0. The Morgan fingerprint density at radius 1 is 1.37 bits per heavy atom. The summed E-state index contributed by atoms with van der Waals surface area (Å²) in [5.41, 5.74) is 3.96. The number of fused-ring (bicyclic) bond motifs is 1. The zero-order valence-corrected chi connectivity index (χ0v) is 11.0. The molecular formula is C14H16N4O. The Bertz CT molecular complexity index is 711. The van der Waals surface area contributed by atoms with Gasteiger partial charge in [-0.2, -0.15) is 5.10 Å². The third kappa shape index (κ3) is 2.02. The molecule has 0 saturated carbocycles. The Hall–Kier alpha value is -2.14. The molecule has 1 unspecified atom stereocenters. The van der Waals surface area contributed by atoms with Gasteiger partial charge in [0.1, 0.15) is 11.9 Å². The Morgan fingerprint density at radius 2 is 2.21 bits per heavy atom. The minimum Gasteiger partial charge on any atom is -0.385 e. The highest BCUT2D eigenvalue weighted by molar-refractivity contribution is 5.81. The number of benzene rings is 1. The van der Waals surface area contributed by atoms with Crippen LogP contribution in [0.2, 0.25) is 0 Å². The van der Waals surface area contributed by atoms with Crippen LogP contribution < -0.4 is 0 Å². The predicted octanol–water partition coefficient (Wildman–Crippen LogP) is 2.50. The van der Waals surface area contributed by atoms with Crippen LogP contribution in [0.5, 0.6) is 0 Å². The van der Waals surface area contributed by atoms with E-state index in [1.807, 2.05) is 28.9 Å². The van der Waals surface area contributed by atoms with Crippen LogP contribution in [0, 0.1) is 0 Å². The van der Waals surface area contributed by atoms with Crippen molar-refractivity contribution in [3.63, 3.8) is 0 Å². The molecule has 3 aromatic rings. The lowest BCUT2D eigenvalue weighted by molar-refractivity contribution is 0.190. The Balaban J connectivity index is 2.11. The zero-order chi connectivity index (χ0) is 13.4. The first-order valence-corrected chi connectivity index (χ1v) is 6.39. The first-order chi connectivity index (χ1) is 9.19. The van der Waals surface area contributed by atoms with Crippen LogP contribution in [-0.4, -0.2) is 24.9 Å². The topological polar surface area (TPSA) is 66.7 Å². The van der Waals surface area contributed by atoms with Gasteiger partial charge in [-0.3, -0.25) is 4.68 Å². The highest BCUT2D eigenvalue weighted by atomic mass is 16.3. The molecule has 0 aliphatic rings. The minimum atomic E-state index is -0.586. The number of imidazole rings is 1. The first-order valence-electron chi connectivity index (χ1n) is 6.39. The second kappa shape index (κ2) is 4.51. The summed E-state index contributed by atoms with van der Waals surface area (Å²) in [4.78, 5) is 7.49. The third-order valence-electron chi connectivity index (χ3n) is 3.21. The summed E-state index contributed by atoms with van der Waals surface area (Å²) >= 11 is 0. The molecule has 5 nitrogen and oxygen atoms in total. The van der Waals surface area contributed by atoms with Crippen molar-refractivity contribution in [3.05, 3.63) is 36.3 Å². The van der Waals surface area contributed by atoms with Crippen LogP contribution >= 0.6 is 0 Å². The summed E-state index contributed by atoms with van der Waals surface area (Å²) in [5.74, 6) is 0.594. The molecule has 5 heteroatoms. The van der Waals surface area contributed by atoms with Gasteiger partial charge in [-0.15, -0.1) is 0 Å². The molecule has 19 heavy (non-hydrogen) atoms. The second-order valence-corrected chi connectivity index (χ2v) is 4.56. The number of aryl methyl sites for hydroxylation is 1. The van der Waals surface area contributed by atoms with Gasteiger partial charge in [0.15, 0.2) is 0 Å². The van der Waals surface area contributed by atoms with E-state index in [4.69, 9.17) is 0 Å². The van der Waals surface area contributed by atoms with Crippen molar-refractivity contribution in [3.8, 4) is 11.3 Å². The minimum absolute atomic E-state index is 0.586. The second-order valence-electron chi connectivity index (χ2n) is 4.56. The number of H-pyrrole nitrogens is 1. The van der Waals surface area contributed by atoms with Gasteiger partial charge in [0.25, 0.3) is 0 Å². The molecule has 0 fully saturated rings. The van der Waals surface area contributed by atoms with E-state index < -0.39 is 6.10 Å². The van der Waals surface area contributed by atoms with Crippen molar-refractivity contribution in [2.45, 2.75) is 26.5 Å². The lowest BCUT2D eigenvalue weighted by Gasteiger charge is -2.04. The highest BCUT2D eigenvalue weighted by Crippen LogP contribution is 2.24. The van der Waals surface area contributed by atoms with Crippen molar-refractivity contribution >= 4 is 11.0 Å². The fourth-order valence-electron chi connectivity index (χ4n) is 2.22. The fraction of sp³-hybridized carbons (Fsp3) is 0.286. The van der Waals surface area contributed by atoms with E-state index in [9.17, 15) is 5.11 Å². The SMILES string of the molecule is CCn1nccc1-c1ccc2nc(C(C)O)[nH]c2c1. The number of nitrogens with zero attached hydrogens (tertiary/aromatic N) is 3. The van der Waals surface area contributed by atoms with E-state index in [1.54, 1.807) is 13.1 Å². The van der Waals surface area contributed by atoms with Crippen molar-refractivity contribution in [2.75, 3.05) is 0 Å². The van der Waals surface area contributed by atoms with E-state index in [0.29, 0.717) is 5.82 Å². The highest BCUT2D eigenvalue weighted by Gasteiger charge is 2.10. The normalized spacial score (nSPS) is 13.0. The van der Waals surface area contributed by atoms with Gasteiger partial charge in [-0.1, -0.05) is 6.07 Å². The van der Waals surface area contributed by atoms with Gasteiger partial charge in [0.05, 0.1) is 16.7 Å². The van der Waals surface area contributed by atoms with Crippen molar-refractivity contribution in [1.29, 1.82) is 0 Å². The lowest BCUT2D eigenvalue weighted by Crippen LogP contribution is -1.98. The van der Waals surface area contributed by atoms with Crippen molar-refractivity contribution < 1.29 is 5.11 Å². The third-order valence-corrected chi connectivity index (χ3v) is 3.21. The number of aliphatic hydroxyl groups excluding tert-OH is 1. The van der Waals surface area contributed by atoms with E-state index in [0.717, 1.165) is 28.8 Å².